The highest BCUT2D eigenvalue weighted by Gasteiger charge is 2.35. The van der Waals surface area contributed by atoms with Gasteiger partial charge in [-0.05, 0) is 30.3 Å². The Balaban J connectivity index is 2.03. The van der Waals surface area contributed by atoms with Crippen LogP contribution >= 0.6 is 35.0 Å². The second-order valence-electron chi connectivity index (χ2n) is 4.59. The molecule has 1 N–H and O–H groups in total. The van der Waals surface area contributed by atoms with Crippen LogP contribution in [0.2, 0.25) is 10.0 Å². The van der Waals surface area contributed by atoms with Crippen LogP contribution in [0.15, 0.2) is 42.5 Å². The molecule has 21 heavy (non-hydrogen) atoms. The van der Waals surface area contributed by atoms with Crippen molar-refractivity contribution in [3.63, 3.8) is 0 Å². The number of benzene rings is 2. The smallest absolute Gasteiger partial charge is 0.238 e. The maximum Gasteiger partial charge on any atom is 0.238 e. The van der Waals surface area contributed by atoms with Crippen LogP contribution in [0.5, 0.6) is 5.75 Å². The fraction of sp³-hybridized carbons (Fsp3) is 0.133. The maximum absolute atomic E-state index is 12.2. The number of halogens is 2. The normalized spacial score (nSPS) is 18.3. The molecule has 3 rings (SSSR count). The number of thioether (sulfide) groups is 1. The van der Waals surface area contributed by atoms with E-state index < -0.39 is 0 Å². The van der Waals surface area contributed by atoms with Crippen LogP contribution < -0.4 is 4.90 Å². The number of carbonyl (C=O) groups is 1. The second-order valence-corrected chi connectivity index (χ2v) is 6.44. The predicted molar refractivity (Wildman–Crippen MR) is 87.3 cm³/mol. The molecular weight excluding hydrogens is 329 g/mol. The van der Waals surface area contributed by atoms with Gasteiger partial charge in [0.25, 0.3) is 0 Å². The Labute approximate surface area is 136 Å². The molecule has 0 bridgehead atoms. The third-order valence-corrected chi connectivity index (χ3v) is 5.27. The van der Waals surface area contributed by atoms with Gasteiger partial charge < -0.3 is 5.11 Å². The van der Waals surface area contributed by atoms with Gasteiger partial charge in [-0.2, -0.15) is 0 Å². The Kier molecular flexibility index (Phi) is 4.02. The van der Waals surface area contributed by atoms with Crippen molar-refractivity contribution in [2.24, 2.45) is 0 Å². The quantitative estimate of drug-likeness (QED) is 0.876. The number of hydrogen-bond donors (Lipinski definition) is 1. The largest absolute Gasteiger partial charge is 0.508 e. The van der Waals surface area contributed by atoms with Crippen LogP contribution in [0.4, 0.5) is 5.69 Å². The molecule has 2 aromatic rings. The molecular formula is C15H11Cl2NO2S. The molecule has 2 aromatic carbocycles. The first-order chi connectivity index (χ1) is 10.1. The lowest BCUT2D eigenvalue weighted by atomic mass is 10.2. The zero-order chi connectivity index (χ0) is 15.0. The summed E-state index contributed by atoms with van der Waals surface area (Å²) in [6.07, 6.45) is 0. The van der Waals surface area contributed by atoms with Crippen molar-refractivity contribution >= 4 is 46.6 Å². The summed E-state index contributed by atoms with van der Waals surface area (Å²) in [6.45, 7) is 0. The summed E-state index contributed by atoms with van der Waals surface area (Å²) in [6, 6.07) is 12.0. The van der Waals surface area contributed by atoms with Gasteiger partial charge in [-0.25, -0.2) is 0 Å². The lowest BCUT2D eigenvalue weighted by molar-refractivity contribution is -0.115. The zero-order valence-corrected chi connectivity index (χ0v) is 13.1. The predicted octanol–water partition coefficient (Wildman–Crippen LogP) is 4.48. The molecule has 1 fully saturated rings. The van der Waals surface area contributed by atoms with E-state index in [-0.39, 0.29) is 17.0 Å². The van der Waals surface area contributed by atoms with Crippen LogP contribution in [0, 0.1) is 0 Å². The lowest BCUT2D eigenvalue weighted by Gasteiger charge is -2.25. The van der Waals surface area contributed by atoms with Gasteiger partial charge in [0.1, 0.15) is 11.1 Å². The van der Waals surface area contributed by atoms with E-state index in [2.05, 4.69) is 0 Å². The third kappa shape index (κ3) is 2.71. The summed E-state index contributed by atoms with van der Waals surface area (Å²) < 4.78 is 0. The maximum atomic E-state index is 12.2. The molecule has 3 nitrogen and oxygen atoms in total. The molecule has 1 aliphatic heterocycles. The number of anilines is 1. The van der Waals surface area contributed by atoms with E-state index in [4.69, 9.17) is 23.2 Å². The molecule has 0 aliphatic carbocycles. The van der Waals surface area contributed by atoms with Gasteiger partial charge in [0.05, 0.1) is 15.8 Å². The Morgan fingerprint density at radius 1 is 1.14 bits per heavy atom. The topological polar surface area (TPSA) is 40.5 Å². The summed E-state index contributed by atoms with van der Waals surface area (Å²) in [5.74, 6) is 0.552. The van der Waals surface area contributed by atoms with Gasteiger partial charge in [-0.3, -0.25) is 9.69 Å². The first-order valence-electron chi connectivity index (χ1n) is 6.24. The molecule has 1 amide bonds. The average Bonchev–Trinajstić information content (AvgIpc) is 2.85. The molecule has 1 aliphatic rings. The molecule has 1 atom stereocenters. The molecule has 0 spiro atoms. The van der Waals surface area contributed by atoms with Crippen molar-refractivity contribution in [2.45, 2.75) is 5.37 Å². The minimum atomic E-state index is -0.215. The number of amides is 1. The molecule has 0 saturated carbocycles. The van der Waals surface area contributed by atoms with Crippen molar-refractivity contribution in [1.29, 1.82) is 0 Å². The highest BCUT2D eigenvalue weighted by atomic mass is 35.5. The fourth-order valence-electron chi connectivity index (χ4n) is 2.26. The van der Waals surface area contributed by atoms with E-state index in [1.807, 2.05) is 12.1 Å². The van der Waals surface area contributed by atoms with E-state index in [1.165, 1.54) is 11.8 Å². The van der Waals surface area contributed by atoms with E-state index in [9.17, 15) is 9.90 Å². The molecule has 0 radical (unpaired) electrons. The number of rotatable bonds is 2. The monoisotopic (exact) mass is 339 g/mol. The molecule has 6 heteroatoms. The number of carbonyl (C=O) groups excluding carboxylic acids is 1. The zero-order valence-electron chi connectivity index (χ0n) is 10.8. The van der Waals surface area contributed by atoms with Gasteiger partial charge in [-0.15, -0.1) is 11.8 Å². The average molecular weight is 340 g/mol. The van der Waals surface area contributed by atoms with Crippen molar-refractivity contribution in [1.82, 2.24) is 0 Å². The van der Waals surface area contributed by atoms with Gasteiger partial charge in [0, 0.05) is 11.3 Å². The van der Waals surface area contributed by atoms with Crippen molar-refractivity contribution in [3.05, 3.63) is 58.1 Å². The highest BCUT2D eigenvalue weighted by molar-refractivity contribution is 8.00. The third-order valence-electron chi connectivity index (χ3n) is 3.24. The van der Waals surface area contributed by atoms with Gasteiger partial charge >= 0.3 is 0 Å². The van der Waals surface area contributed by atoms with Gasteiger partial charge in [0.15, 0.2) is 0 Å². The van der Waals surface area contributed by atoms with Crippen molar-refractivity contribution < 1.29 is 9.90 Å². The van der Waals surface area contributed by atoms with Gasteiger partial charge in [-0.1, -0.05) is 35.3 Å². The van der Waals surface area contributed by atoms with E-state index in [0.29, 0.717) is 15.8 Å². The summed E-state index contributed by atoms with van der Waals surface area (Å²) in [5, 5.41) is 10.1. The Morgan fingerprint density at radius 2 is 1.86 bits per heavy atom. The lowest BCUT2D eigenvalue weighted by Crippen LogP contribution is -2.27. The van der Waals surface area contributed by atoms with Gasteiger partial charge in [0.2, 0.25) is 5.91 Å². The standard InChI is InChI=1S/C15H11Cl2NO2S/c16-12-3-1-2-11(14(12)17)15-18(13(20)8-21-15)9-4-6-10(19)7-5-9/h1-7,15,19H,8H2/t15-/m0/s1. The van der Waals surface area contributed by atoms with Crippen molar-refractivity contribution in [3.8, 4) is 5.75 Å². The molecule has 0 unspecified atom stereocenters. The van der Waals surface area contributed by atoms with Crippen LogP contribution in [0.1, 0.15) is 10.9 Å². The summed E-state index contributed by atoms with van der Waals surface area (Å²) in [4.78, 5) is 13.9. The van der Waals surface area contributed by atoms with E-state index >= 15 is 0 Å². The fourth-order valence-corrected chi connectivity index (χ4v) is 3.94. The van der Waals surface area contributed by atoms with Crippen LogP contribution in [0.25, 0.3) is 0 Å². The molecule has 108 valence electrons. The Morgan fingerprint density at radius 3 is 2.57 bits per heavy atom. The SMILES string of the molecule is O=C1CS[C@@H](c2cccc(Cl)c2Cl)N1c1ccc(O)cc1. The van der Waals surface area contributed by atoms with Crippen LogP contribution in [0.3, 0.4) is 0 Å². The Bertz CT molecular complexity index is 691. The summed E-state index contributed by atoms with van der Waals surface area (Å²) in [5.41, 5.74) is 1.54. The molecule has 0 aromatic heterocycles. The number of phenolic OH excluding ortho intramolecular Hbond substituents is 1. The number of aromatic hydroxyl groups is 1. The summed E-state index contributed by atoms with van der Waals surface area (Å²) in [7, 11) is 0. The minimum Gasteiger partial charge on any atom is -0.508 e. The highest BCUT2D eigenvalue weighted by Crippen LogP contribution is 2.45. The van der Waals surface area contributed by atoms with E-state index in [1.54, 1.807) is 35.2 Å². The molecule has 1 saturated heterocycles. The van der Waals surface area contributed by atoms with Crippen LogP contribution in [-0.4, -0.2) is 16.8 Å². The second kappa shape index (κ2) is 5.79. The molecule has 1 heterocycles. The van der Waals surface area contributed by atoms with E-state index in [0.717, 1.165) is 11.3 Å². The first kappa shape index (κ1) is 14.6. The van der Waals surface area contributed by atoms with Crippen molar-refractivity contribution in [2.75, 3.05) is 10.7 Å². The van der Waals surface area contributed by atoms with Crippen LogP contribution in [-0.2, 0) is 4.79 Å². The number of nitrogens with zero attached hydrogens (tertiary/aromatic N) is 1. The minimum absolute atomic E-state index is 0.00623. The summed E-state index contributed by atoms with van der Waals surface area (Å²) >= 11 is 13.8. The number of hydrogen-bond acceptors (Lipinski definition) is 3. The number of phenols is 1. The Hall–Kier alpha value is -1.36. The first-order valence-corrected chi connectivity index (χ1v) is 8.05.